The number of nitrogens with zero attached hydrogens (tertiary/aromatic N) is 1. The molecule has 0 radical (unpaired) electrons. The van der Waals surface area contributed by atoms with Crippen LogP contribution in [-0.2, 0) is 19.5 Å². The summed E-state index contributed by atoms with van der Waals surface area (Å²) in [7, 11) is 0. The molecule has 0 saturated heterocycles. The van der Waals surface area contributed by atoms with Crippen molar-refractivity contribution in [1.82, 2.24) is 10.2 Å². The smallest absolute Gasteiger partial charge is 0.0240 e. The molecule has 0 spiro atoms. The Morgan fingerprint density at radius 1 is 0.885 bits per heavy atom. The molecule has 1 unspecified atom stereocenters. The van der Waals surface area contributed by atoms with Gasteiger partial charge in [-0.05, 0) is 35.4 Å². The Labute approximate surface area is 158 Å². The Bertz CT molecular complexity index is 676. The van der Waals surface area contributed by atoms with Crippen molar-refractivity contribution < 1.29 is 0 Å². The van der Waals surface area contributed by atoms with Crippen LogP contribution in [0.25, 0.3) is 0 Å². The fourth-order valence-electron chi connectivity index (χ4n) is 4.82. The van der Waals surface area contributed by atoms with E-state index in [9.17, 15) is 0 Å². The maximum Gasteiger partial charge on any atom is 0.0240 e. The molecule has 2 aliphatic rings. The topological polar surface area (TPSA) is 15.3 Å². The number of benzene rings is 2. The fraction of sp³-hybridized carbons (Fsp3) is 0.500. The second-order valence-electron chi connectivity index (χ2n) is 8.15. The minimum absolute atomic E-state index is 0.728. The quantitative estimate of drug-likeness (QED) is 0.724. The van der Waals surface area contributed by atoms with Gasteiger partial charge in [0.15, 0.2) is 0 Å². The third-order valence-corrected chi connectivity index (χ3v) is 6.29. The van der Waals surface area contributed by atoms with Crippen LogP contribution in [0.1, 0.15) is 48.8 Å². The summed E-state index contributed by atoms with van der Waals surface area (Å²) >= 11 is 0. The van der Waals surface area contributed by atoms with E-state index in [-0.39, 0.29) is 0 Å². The maximum atomic E-state index is 3.65. The Morgan fingerprint density at radius 3 is 2.42 bits per heavy atom. The predicted molar refractivity (Wildman–Crippen MR) is 109 cm³/mol. The molecule has 2 aromatic carbocycles. The molecule has 1 fully saturated rings. The second-order valence-corrected chi connectivity index (χ2v) is 8.15. The normalized spacial score (nSPS) is 21.0. The van der Waals surface area contributed by atoms with Crippen LogP contribution < -0.4 is 5.32 Å². The van der Waals surface area contributed by atoms with E-state index in [2.05, 4.69) is 64.8 Å². The number of rotatable bonds is 7. The predicted octanol–water partition coefficient (Wildman–Crippen LogP) is 4.78. The van der Waals surface area contributed by atoms with Crippen LogP contribution in [0.15, 0.2) is 54.6 Å². The Kier molecular flexibility index (Phi) is 6.03. The van der Waals surface area contributed by atoms with Gasteiger partial charge in [0.1, 0.15) is 0 Å². The van der Waals surface area contributed by atoms with Gasteiger partial charge in [-0.15, -0.1) is 0 Å². The van der Waals surface area contributed by atoms with Gasteiger partial charge in [0.25, 0.3) is 0 Å². The molecule has 26 heavy (non-hydrogen) atoms. The van der Waals surface area contributed by atoms with Gasteiger partial charge in [0.05, 0.1) is 0 Å². The summed E-state index contributed by atoms with van der Waals surface area (Å²) in [6, 6.07) is 20.5. The summed E-state index contributed by atoms with van der Waals surface area (Å²) in [5.41, 5.74) is 4.50. The molecule has 2 nitrogen and oxygen atoms in total. The third kappa shape index (κ3) is 4.55. The van der Waals surface area contributed by atoms with Crippen LogP contribution in [0.4, 0.5) is 0 Å². The van der Waals surface area contributed by atoms with Crippen molar-refractivity contribution in [3.8, 4) is 0 Å². The summed E-state index contributed by atoms with van der Waals surface area (Å²) in [4.78, 5) is 2.75. The van der Waals surface area contributed by atoms with E-state index >= 15 is 0 Å². The molecule has 1 N–H and O–H groups in total. The SMILES string of the molecule is c1ccc(CNCCN2Cc3ccccc3CC2CC2CCCC2)cc1. The number of nitrogens with one attached hydrogen (secondary N) is 1. The van der Waals surface area contributed by atoms with Crippen LogP contribution in [0.2, 0.25) is 0 Å². The lowest BCUT2D eigenvalue weighted by molar-refractivity contribution is 0.146. The minimum Gasteiger partial charge on any atom is -0.311 e. The van der Waals surface area contributed by atoms with Crippen LogP contribution in [0.5, 0.6) is 0 Å². The second kappa shape index (κ2) is 8.83. The van der Waals surface area contributed by atoms with Crippen molar-refractivity contribution in [3.05, 3.63) is 71.3 Å². The third-order valence-electron chi connectivity index (χ3n) is 6.29. The molecular formula is C24H32N2. The number of fused-ring (bicyclic) bond motifs is 1. The lowest BCUT2D eigenvalue weighted by Gasteiger charge is -2.38. The van der Waals surface area contributed by atoms with E-state index < -0.39 is 0 Å². The molecule has 1 aliphatic heterocycles. The molecular weight excluding hydrogens is 316 g/mol. The summed E-state index contributed by atoms with van der Waals surface area (Å²) in [6.45, 7) is 4.32. The highest BCUT2D eigenvalue weighted by molar-refractivity contribution is 5.30. The fourth-order valence-corrected chi connectivity index (χ4v) is 4.82. The van der Waals surface area contributed by atoms with Crippen molar-refractivity contribution in [2.45, 2.75) is 57.7 Å². The molecule has 138 valence electrons. The van der Waals surface area contributed by atoms with Crippen LogP contribution in [0.3, 0.4) is 0 Å². The van der Waals surface area contributed by atoms with Gasteiger partial charge in [-0.25, -0.2) is 0 Å². The molecule has 2 heteroatoms. The summed E-state index contributed by atoms with van der Waals surface area (Å²) in [5, 5.41) is 3.65. The maximum absolute atomic E-state index is 3.65. The minimum atomic E-state index is 0.728. The first kappa shape index (κ1) is 17.8. The van der Waals surface area contributed by atoms with Gasteiger partial charge in [-0.1, -0.05) is 80.3 Å². The zero-order valence-electron chi connectivity index (χ0n) is 15.9. The molecule has 0 bridgehead atoms. The highest BCUT2D eigenvalue weighted by Gasteiger charge is 2.28. The van der Waals surface area contributed by atoms with E-state index in [1.807, 2.05) is 0 Å². The number of hydrogen-bond donors (Lipinski definition) is 1. The van der Waals surface area contributed by atoms with Gasteiger partial charge in [0.2, 0.25) is 0 Å². The summed E-state index contributed by atoms with van der Waals surface area (Å²) in [6.07, 6.45) is 8.45. The summed E-state index contributed by atoms with van der Waals surface area (Å²) < 4.78 is 0. The lowest BCUT2D eigenvalue weighted by atomic mass is 9.87. The van der Waals surface area contributed by atoms with Crippen molar-refractivity contribution >= 4 is 0 Å². The van der Waals surface area contributed by atoms with E-state index in [0.29, 0.717) is 0 Å². The first-order valence-electron chi connectivity index (χ1n) is 10.4. The first-order valence-corrected chi connectivity index (χ1v) is 10.4. The standard InChI is InChI=1S/C24H32N2/c1-2-10-21(11-3-1)18-25-14-15-26-19-23-13-7-6-12-22(23)17-24(26)16-20-8-4-5-9-20/h1-3,6-7,10-13,20,24-25H,4-5,8-9,14-19H2. The van der Waals surface area contributed by atoms with Gasteiger partial charge >= 0.3 is 0 Å². The van der Waals surface area contributed by atoms with Crippen molar-refractivity contribution in [3.63, 3.8) is 0 Å². The first-order chi connectivity index (χ1) is 12.9. The molecule has 0 aromatic heterocycles. The molecule has 1 atom stereocenters. The van der Waals surface area contributed by atoms with Crippen molar-refractivity contribution in [2.75, 3.05) is 13.1 Å². The van der Waals surface area contributed by atoms with E-state index in [1.54, 1.807) is 11.1 Å². The molecule has 0 amide bonds. The molecule has 1 saturated carbocycles. The lowest BCUT2D eigenvalue weighted by Crippen LogP contribution is -2.44. The number of hydrogen-bond acceptors (Lipinski definition) is 2. The van der Waals surface area contributed by atoms with E-state index in [4.69, 9.17) is 0 Å². The Hall–Kier alpha value is -1.64. The van der Waals surface area contributed by atoms with Crippen LogP contribution >= 0.6 is 0 Å². The van der Waals surface area contributed by atoms with Gasteiger partial charge in [-0.3, -0.25) is 4.90 Å². The van der Waals surface area contributed by atoms with Crippen molar-refractivity contribution in [2.24, 2.45) is 5.92 Å². The largest absolute Gasteiger partial charge is 0.311 e. The molecule has 1 heterocycles. The summed E-state index contributed by atoms with van der Waals surface area (Å²) in [5.74, 6) is 0.963. The highest BCUT2D eigenvalue weighted by atomic mass is 15.2. The molecule has 4 rings (SSSR count). The Morgan fingerprint density at radius 2 is 1.62 bits per heavy atom. The van der Waals surface area contributed by atoms with Crippen LogP contribution in [-0.4, -0.2) is 24.0 Å². The Balaban J connectivity index is 1.34. The zero-order chi connectivity index (χ0) is 17.6. The van der Waals surface area contributed by atoms with Gasteiger partial charge in [0, 0.05) is 32.2 Å². The van der Waals surface area contributed by atoms with Crippen molar-refractivity contribution in [1.29, 1.82) is 0 Å². The van der Waals surface area contributed by atoms with Gasteiger partial charge in [-0.2, -0.15) is 0 Å². The van der Waals surface area contributed by atoms with Gasteiger partial charge < -0.3 is 5.32 Å². The zero-order valence-corrected chi connectivity index (χ0v) is 15.9. The molecule has 2 aromatic rings. The van der Waals surface area contributed by atoms with Crippen LogP contribution in [0, 0.1) is 5.92 Å². The average molecular weight is 349 g/mol. The monoisotopic (exact) mass is 348 g/mol. The van der Waals surface area contributed by atoms with E-state index in [0.717, 1.165) is 38.1 Å². The average Bonchev–Trinajstić information content (AvgIpc) is 3.19. The molecule has 1 aliphatic carbocycles. The highest BCUT2D eigenvalue weighted by Crippen LogP contribution is 2.33. The van der Waals surface area contributed by atoms with E-state index in [1.165, 1.54) is 44.1 Å².